The second kappa shape index (κ2) is 7.84. The van der Waals surface area contributed by atoms with Gasteiger partial charge in [0.1, 0.15) is 5.76 Å². The highest BCUT2D eigenvalue weighted by molar-refractivity contribution is 5.16. The predicted molar refractivity (Wildman–Crippen MR) is 83.6 cm³/mol. The van der Waals surface area contributed by atoms with Crippen LogP contribution in [0.2, 0.25) is 0 Å². The summed E-state index contributed by atoms with van der Waals surface area (Å²) in [5.41, 5.74) is 1.31. The van der Waals surface area contributed by atoms with Crippen molar-refractivity contribution in [1.82, 2.24) is 10.2 Å². The molecule has 2 rings (SSSR count). The van der Waals surface area contributed by atoms with E-state index in [0.29, 0.717) is 0 Å². The predicted octanol–water partition coefficient (Wildman–Crippen LogP) is 3.79. The van der Waals surface area contributed by atoms with Gasteiger partial charge in [-0.15, -0.1) is 0 Å². The third-order valence-corrected chi connectivity index (χ3v) is 4.58. The van der Waals surface area contributed by atoms with E-state index in [1.165, 1.54) is 37.7 Å². The van der Waals surface area contributed by atoms with Crippen LogP contribution in [0.15, 0.2) is 16.7 Å². The van der Waals surface area contributed by atoms with Gasteiger partial charge in [-0.05, 0) is 57.7 Å². The zero-order chi connectivity index (χ0) is 14.4. The standard InChI is InChI=1S/C17H30N2O/c1-4-10-18-12-15-9-11-20-17(15)13-19(3)16-7-5-14(2)6-8-16/h9,11,14,16,18H,4-8,10,12-13H2,1-3H3. The smallest absolute Gasteiger partial charge is 0.122 e. The zero-order valence-electron chi connectivity index (χ0n) is 13.3. The minimum absolute atomic E-state index is 0.729. The van der Waals surface area contributed by atoms with Crippen LogP contribution in [0.25, 0.3) is 0 Å². The summed E-state index contributed by atoms with van der Waals surface area (Å²) in [5, 5.41) is 3.46. The van der Waals surface area contributed by atoms with Crippen molar-refractivity contribution in [3.63, 3.8) is 0 Å². The molecule has 1 saturated carbocycles. The summed E-state index contributed by atoms with van der Waals surface area (Å²) in [4.78, 5) is 2.48. The molecule has 1 fully saturated rings. The van der Waals surface area contributed by atoms with E-state index in [1.807, 2.05) is 6.26 Å². The normalized spacial score (nSPS) is 23.4. The van der Waals surface area contributed by atoms with Crippen LogP contribution in [0.5, 0.6) is 0 Å². The van der Waals surface area contributed by atoms with Crippen LogP contribution in [-0.4, -0.2) is 24.5 Å². The Kier molecular flexibility index (Phi) is 6.11. The Bertz CT molecular complexity index is 380. The van der Waals surface area contributed by atoms with E-state index in [-0.39, 0.29) is 0 Å². The molecule has 3 nitrogen and oxygen atoms in total. The largest absolute Gasteiger partial charge is 0.468 e. The van der Waals surface area contributed by atoms with Crippen LogP contribution < -0.4 is 5.32 Å². The fourth-order valence-electron chi connectivity index (χ4n) is 3.10. The van der Waals surface area contributed by atoms with E-state index in [9.17, 15) is 0 Å². The molecule has 114 valence electrons. The molecule has 0 aromatic carbocycles. The number of nitrogens with one attached hydrogen (secondary N) is 1. The zero-order valence-corrected chi connectivity index (χ0v) is 13.3. The maximum atomic E-state index is 5.70. The van der Waals surface area contributed by atoms with Crippen molar-refractivity contribution in [3.8, 4) is 0 Å². The number of furan rings is 1. The quantitative estimate of drug-likeness (QED) is 0.769. The van der Waals surface area contributed by atoms with Gasteiger partial charge in [0.2, 0.25) is 0 Å². The molecule has 3 heteroatoms. The molecule has 1 aromatic rings. The first kappa shape index (κ1) is 15.6. The van der Waals surface area contributed by atoms with E-state index in [0.717, 1.165) is 37.4 Å². The summed E-state index contributed by atoms with van der Waals surface area (Å²) in [6.45, 7) is 7.51. The van der Waals surface area contributed by atoms with Gasteiger partial charge in [-0.25, -0.2) is 0 Å². The number of rotatable bonds is 7. The van der Waals surface area contributed by atoms with Crippen LogP contribution in [0.1, 0.15) is 57.3 Å². The van der Waals surface area contributed by atoms with Gasteiger partial charge in [0.25, 0.3) is 0 Å². The molecule has 0 atom stereocenters. The molecule has 0 unspecified atom stereocenters. The van der Waals surface area contributed by atoms with Gasteiger partial charge in [-0.2, -0.15) is 0 Å². The summed E-state index contributed by atoms with van der Waals surface area (Å²) >= 11 is 0. The van der Waals surface area contributed by atoms with E-state index >= 15 is 0 Å². The average Bonchev–Trinajstić information content (AvgIpc) is 2.87. The fraction of sp³-hybridized carbons (Fsp3) is 0.765. The van der Waals surface area contributed by atoms with E-state index in [4.69, 9.17) is 4.42 Å². The molecule has 0 spiro atoms. The Morgan fingerprint density at radius 3 is 2.75 bits per heavy atom. The van der Waals surface area contributed by atoms with Crippen LogP contribution in [0.3, 0.4) is 0 Å². The molecule has 1 heterocycles. The number of hydrogen-bond donors (Lipinski definition) is 1. The van der Waals surface area contributed by atoms with Crippen molar-refractivity contribution in [1.29, 1.82) is 0 Å². The molecule has 0 bridgehead atoms. The lowest BCUT2D eigenvalue weighted by Crippen LogP contribution is -2.34. The first-order chi connectivity index (χ1) is 9.70. The molecule has 20 heavy (non-hydrogen) atoms. The monoisotopic (exact) mass is 278 g/mol. The highest BCUT2D eigenvalue weighted by Gasteiger charge is 2.22. The van der Waals surface area contributed by atoms with E-state index < -0.39 is 0 Å². The third-order valence-electron chi connectivity index (χ3n) is 4.58. The SMILES string of the molecule is CCCNCc1ccoc1CN(C)C1CCC(C)CC1. The van der Waals surface area contributed by atoms with Crippen molar-refractivity contribution >= 4 is 0 Å². The van der Waals surface area contributed by atoms with Crippen molar-refractivity contribution in [2.24, 2.45) is 5.92 Å². The van der Waals surface area contributed by atoms with Crippen molar-refractivity contribution in [2.75, 3.05) is 13.6 Å². The number of nitrogens with zero attached hydrogens (tertiary/aromatic N) is 1. The Hall–Kier alpha value is -0.800. The van der Waals surface area contributed by atoms with Crippen molar-refractivity contribution in [2.45, 2.75) is 65.1 Å². The van der Waals surface area contributed by atoms with Gasteiger partial charge in [-0.1, -0.05) is 13.8 Å². The van der Waals surface area contributed by atoms with Crippen LogP contribution in [-0.2, 0) is 13.1 Å². The average molecular weight is 278 g/mol. The van der Waals surface area contributed by atoms with Crippen LogP contribution >= 0.6 is 0 Å². The summed E-state index contributed by atoms with van der Waals surface area (Å²) in [6, 6.07) is 2.84. The van der Waals surface area contributed by atoms with Gasteiger partial charge in [0.15, 0.2) is 0 Å². The summed E-state index contributed by atoms with van der Waals surface area (Å²) in [5.74, 6) is 2.05. The van der Waals surface area contributed by atoms with Gasteiger partial charge in [0.05, 0.1) is 12.8 Å². The van der Waals surface area contributed by atoms with E-state index in [2.05, 4.69) is 37.2 Å². The Balaban J connectivity index is 1.84. The molecular formula is C17H30N2O. The molecule has 1 aliphatic rings. The first-order valence-corrected chi connectivity index (χ1v) is 8.17. The molecule has 0 amide bonds. The van der Waals surface area contributed by atoms with Crippen LogP contribution in [0.4, 0.5) is 0 Å². The lowest BCUT2D eigenvalue weighted by molar-refractivity contribution is 0.154. The maximum Gasteiger partial charge on any atom is 0.122 e. The van der Waals surface area contributed by atoms with Crippen molar-refractivity contribution in [3.05, 3.63) is 23.7 Å². The molecule has 0 radical (unpaired) electrons. The van der Waals surface area contributed by atoms with Crippen molar-refractivity contribution < 1.29 is 4.42 Å². The van der Waals surface area contributed by atoms with Gasteiger partial charge >= 0.3 is 0 Å². The molecule has 0 saturated heterocycles. The summed E-state index contributed by atoms with van der Waals surface area (Å²) in [7, 11) is 2.24. The molecular weight excluding hydrogens is 248 g/mol. The second-order valence-corrected chi connectivity index (χ2v) is 6.37. The summed E-state index contributed by atoms with van der Waals surface area (Å²) in [6.07, 6.45) is 8.42. The maximum absolute atomic E-state index is 5.70. The fourth-order valence-corrected chi connectivity index (χ4v) is 3.10. The number of hydrogen-bond acceptors (Lipinski definition) is 3. The van der Waals surface area contributed by atoms with Gasteiger partial charge in [0, 0.05) is 18.2 Å². The minimum atomic E-state index is 0.729. The van der Waals surface area contributed by atoms with Gasteiger partial charge < -0.3 is 9.73 Å². The lowest BCUT2D eigenvalue weighted by atomic mass is 9.87. The first-order valence-electron chi connectivity index (χ1n) is 8.17. The minimum Gasteiger partial charge on any atom is -0.468 e. The highest BCUT2D eigenvalue weighted by Crippen LogP contribution is 2.27. The van der Waals surface area contributed by atoms with Gasteiger partial charge in [-0.3, -0.25) is 4.90 Å². The summed E-state index contributed by atoms with van der Waals surface area (Å²) < 4.78 is 5.70. The molecule has 0 aliphatic heterocycles. The molecule has 1 aromatic heterocycles. The Morgan fingerprint density at radius 2 is 2.05 bits per heavy atom. The molecule has 1 N–H and O–H groups in total. The third kappa shape index (κ3) is 4.35. The van der Waals surface area contributed by atoms with E-state index in [1.54, 1.807) is 0 Å². The Morgan fingerprint density at radius 1 is 1.30 bits per heavy atom. The molecule has 1 aliphatic carbocycles. The Labute approximate surface area is 123 Å². The highest BCUT2D eigenvalue weighted by atomic mass is 16.3. The van der Waals surface area contributed by atoms with Crippen LogP contribution in [0, 0.1) is 5.92 Å². The lowest BCUT2D eigenvalue weighted by Gasteiger charge is -2.33. The second-order valence-electron chi connectivity index (χ2n) is 6.37. The topological polar surface area (TPSA) is 28.4 Å².